The summed E-state index contributed by atoms with van der Waals surface area (Å²) >= 11 is 0. The zero-order valence-electron chi connectivity index (χ0n) is 9.00. The maximum atomic E-state index is 11.8. The van der Waals surface area contributed by atoms with Gasteiger partial charge in [-0.3, -0.25) is 4.79 Å². The average Bonchev–Trinajstić information content (AvgIpc) is 2.23. The van der Waals surface area contributed by atoms with Crippen LogP contribution in [0.25, 0.3) is 0 Å². The Bertz CT molecular complexity index is 206. The van der Waals surface area contributed by atoms with Crippen molar-refractivity contribution in [1.29, 1.82) is 0 Å². The zero-order chi connectivity index (χ0) is 9.97. The van der Waals surface area contributed by atoms with E-state index in [9.17, 15) is 4.79 Å². The van der Waals surface area contributed by atoms with Gasteiger partial charge in [0, 0.05) is 18.9 Å². The molecule has 1 saturated carbocycles. The van der Waals surface area contributed by atoms with Gasteiger partial charge in [-0.1, -0.05) is 6.92 Å². The summed E-state index contributed by atoms with van der Waals surface area (Å²) in [6, 6.07) is 0. The fraction of sp³-hybridized carbons (Fsp3) is 0.917. The van der Waals surface area contributed by atoms with Gasteiger partial charge in [-0.25, -0.2) is 0 Å². The molecule has 2 heteroatoms. The Labute approximate surface area is 86.0 Å². The monoisotopic (exact) mass is 196 g/mol. The number of hydrogen-bond acceptors (Lipinski definition) is 2. The van der Waals surface area contributed by atoms with E-state index in [-0.39, 0.29) is 0 Å². The molecule has 0 radical (unpaired) electrons. The molecular formula is C12H20O2. The van der Waals surface area contributed by atoms with E-state index >= 15 is 0 Å². The third-order valence-corrected chi connectivity index (χ3v) is 3.72. The van der Waals surface area contributed by atoms with Crippen molar-refractivity contribution >= 4 is 5.78 Å². The lowest BCUT2D eigenvalue weighted by molar-refractivity contribution is -0.129. The minimum absolute atomic E-state index is 0.319. The Morgan fingerprint density at radius 1 is 1.36 bits per heavy atom. The molecule has 0 aromatic heterocycles. The summed E-state index contributed by atoms with van der Waals surface area (Å²) < 4.78 is 5.47. The molecule has 2 fully saturated rings. The summed E-state index contributed by atoms with van der Waals surface area (Å²) in [5.41, 5.74) is 0. The van der Waals surface area contributed by atoms with Crippen molar-refractivity contribution < 1.29 is 9.53 Å². The second-order valence-electron chi connectivity index (χ2n) is 4.93. The standard InChI is InChI=1S/C12H20O2/c1-9-4-5-12(13)11(7-9)10-3-2-6-14-8-10/h9-11H,2-8H2,1H3. The summed E-state index contributed by atoms with van der Waals surface area (Å²) in [5.74, 6) is 2.08. The molecule has 3 unspecified atom stereocenters. The maximum absolute atomic E-state index is 11.8. The third-order valence-electron chi connectivity index (χ3n) is 3.72. The predicted octanol–water partition coefficient (Wildman–Crippen LogP) is 2.42. The van der Waals surface area contributed by atoms with Gasteiger partial charge in [0.15, 0.2) is 0 Å². The third kappa shape index (κ3) is 2.17. The summed E-state index contributed by atoms with van der Waals surface area (Å²) in [5, 5.41) is 0. The Morgan fingerprint density at radius 2 is 2.21 bits per heavy atom. The van der Waals surface area contributed by atoms with Gasteiger partial charge in [0.05, 0.1) is 6.61 Å². The summed E-state index contributed by atoms with van der Waals surface area (Å²) in [6.45, 7) is 3.99. The fourth-order valence-corrected chi connectivity index (χ4v) is 2.80. The van der Waals surface area contributed by atoms with E-state index in [1.807, 2.05) is 0 Å². The zero-order valence-corrected chi connectivity index (χ0v) is 9.00. The van der Waals surface area contributed by atoms with Gasteiger partial charge in [0.2, 0.25) is 0 Å². The van der Waals surface area contributed by atoms with Crippen LogP contribution in [0.2, 0.25) is 0 Å². The Balaban J connectivity index is 1.96. The molecule has 2 rings (SSSR count). The molecule has 0 spiro atoms. The van der Waals surface area contributed by atoms with E-state index in [2.05, 4.69) is 6.92 Å². The smallest absolute Gasteiger partial charge is 0.136 e. The van der Waals surface area contributed by atoms with Crippen molar-refractivity contribution in [3.8, 4) is 0 Å². The molecule has 0 aromatic carbocycles. The SMILES string of the molecule is CC1CCC(=O)C(C2CCCOC2)C1. The average molecular weight is 196 g/mol. The summed E-state index contributed by atoms with van der Waals surface area (Å²) in [6.07, 6.45) is 5.35. The van der Waals surface area contributed by atoms with Crippen LogP contribution in [-0.2, 0) is 9.53 Å². The van der Waals surface area contributed by atoms with Gasteiger partial charge in [0.25, 0.3) is 0 Å². The number of carbonyl (C=O) groups is 1. The number of hydrogen-bond donors (Lipinski definition) is 0. The second-order valence-corrected chi connectivity index (χ2v) is 4.93. The first-order chi connectivity index (χ1) is 6.77. The number of Topliss-reactive ketones (excluding diaryl/α,β-unsaturated/α-hetero) is 1. The van der Waals surface area contributed by atoms with Crippen LogP contribution in [0.3, 0.4) is 0 Å². The molecule has 0 amide bonds. The molecule has 2 nitrogen and oxygen atoms in total. The van der Waals surface area contributed by atoms with Crippen LogP contribution in [0.5, 0.6) is 0 Å². The van der Waals surface area contributed by atoms with Crippen LogP contribution in [-0.4, -0.2) is 19.0 Å². The molecule has 1 saturated heterocycles. The molecule has 14 heavy (non-hydrogen) atoms. The van der Waals surface area contributed by atoms with Crippen LogP contribution in [0, 0.1) is 17.8 Å². The van der Waals surface area contributed by atoms with Crippen molar-refractivity contribution in [1.82, 2.24) is 0 Å². The van der Waals surface area contributed by atoms with Crippen molar-refractivity contribution in [2.24, 2.45) is 17.8 Å². The van der Waals surface area contributed by atoms with E-state index in [1.165, 1.54) is 6.42 Å². The van der Waals surface area contributed by atoms with Crippen LogP contribution in [0.15, 0.2) is 0 Å². The highest BCUT2D eigenvalue weighted by atomic mass is 16.5. The summed E-state index contributed by atoms with van der Waals surface area (Å²) in [7, 11) is 0. The molecule has 1 heterocycles. The highest BCUT2D eigenvalue weighted by molar-refractivity contribution is 5.82. The van der Waals surface area contributed by atoms with Gasteiger partial charge in [-0.05, 0) is 37.5 Å². The van der Waals surface area contributed by atoms with Crippen molar-refractivity contribution in [3.63, 3.8) is 0 Å². The first-order valence-electron chi connectivity index (χ1n) is 5.88. The second kappa shape index (κ2) is 4.43. The van der Waals surface area contributed by atoms with E-state index in [1.54, 1.807) is 0 Å². The highest BCUT2D eigenvalue weighted by Gasteiger charge is 2.33. The normalized spacial score (nSPS) is 39.8. The lowest BCUT2D eigenvalue weighted by Crippen LogP contribution is -2.34. The molecule has 80 valence electrons. The highest BCUT2D eigenvalue weighted by Crippen LogP contribution is 2.34. The molecule has 3 atom stereocenters. The molecule has 0 bridgehead atoms. The number of carbonyl (C=O) groups excluding carboxylic acids is 1. The lowest BCUT2D eigenvalue weighted by atomic mass is 9.73. The van der Waals surface area contributed by atoms with Gasteiger partial charge < -0.3 is 4.74 Å². The van der Waals surface area contributed by atoms with E-state index in [4.69, 9.17) is 4.74 Å². The molecule has 2 aliphatic rings. The van der Waals surface area contributed by atoms with Crippen molar-refractivity contribution in [2.45, 2.75) is 39.0 Å². The Morgan fingerprint density at radius 3 is 2.93 bits per heavy atom. The van der Waals surface area contributed by atoms with Gasteiger partial charge >= 0.3 is 0 Å². The molecule has 1 aliphatic carbocycles. The summed E-state index contributed by atoms with van der Waals surface area (Å²) in [4.78, 5) is 11.8. The topological polar surface area (TPSA) is 26.3 Å². The van der Waals surface area contributed by atoms with Crippen LogP contribution in [0.4, 0.5) is 0 Å². The molecule has 0 N–H and O–H groups in total. The first kappa shape index (κ1) is 10.2. The Hall–Kier alpha value is -0.370. The van der Waals surface area contributed by atoms with Crippen LogP contribution >= 0.6 is 0 Å². The van der Waals surface area contributed by atoms with Crippen molar-refractivity contribution in [3.05, 3.63) is 0 Å². The van der Waals surface area contributed by atoms with Crippen LogP contribution in [0.1, 0.15) is 39.0 Å². The number of rotatable bonds is 1. The minimum Gasteiger partial charge on any atom is -0.381 e. The minimum atomic E-state index is 0.319. The van der Waals surface area contributed by atoms with Gasteiger partial charge in [-0.2, -0.15) is 0 Å². The Kier molecular flexibility index (Phi) is 3.22. The van der Waals surface area contributed by atoms with E-state index in [0.717, 1.165) is 44.8 Å². The first-order valence-corrected chi connectivity index (χ1v) is 5.88. The van der Waals surface area contributed by atoms with E-state index < -0.39 is 0 Å². The lowest BCUT2D eigenvalue weighted by Gasteiger charge is -2.34. The number of ketones is 1. The fourth-order valence-electron chi connectivity index (χ4n) is 2.80. The van der Waals surface area contributed by atoms with Gasteiger partial charge in [-0.15, -0.1) is 0 Å². The molecule has 0 aromatic rings. The van der Waals surface area contributed by atoms with E-state index in [0.29, 0.717) is 17.6 Å². The number of ether oxygens (including phenoxy) is 1. The predicted molar refractivity (Wildman–Crippen MR) is 55.1 cm³/mol. The maximum Gasteiger partial charge on any atom is 0.136 e. The van der Waals surface area contributed by atoms with Gasteiger partial charge in [0.1, 0.15) is 5.78 Å². The van der Waals surface area contributed by atoms with Crippen molar-refractivity contribution in [2.75, 3.05) is 13.2 Å². The quantitative estimate of drug-likeness (QED) is 0.643. The molecular weight excluding hydrogens is 176 g/mol. The largest absolute Gasteiger partial charge is 0.381 e. The van der Waals surface area contributed by atoms with Crippen LogP contribution < -0.4 is 0 Å². The molecule has 1 aliphatic heterocycles.